The molecule has 2 nitrogen and oxygen atoms in total. The second-order valence-corrected chi connectivity index (χ2v) is 3.92. The SMILES string of the molecule is N#Cc1c2c(nc3ccccc13)C=CCC2. The highest BCUT2D eigenvalue weighted by Gasteiger charge is 2.14. The summed E-state index contributed by atoms with van der Waals surface area (Å²) in [5, 5.41) is 10.3. The molecule has 1 aromatic heterocycles. The van der Waals surface area contributed by atoms with Crippen molar-refractivity contribution >= 4 is 17.0 Å². The molecule has 76 valence electrons. The summed E-state index contributed by atoms with van der Waals surface area (Å²) in [6, 6.07) is 10.2. The zero-order valence-electron chi connectivity index (χ0n) is 8.77. The molecule has 0 bridgehead atoms. The normalized spacial score (nSPS) is 13.4. The third-order valence-electron chi connectivity index (χ3n) is 2.97. The van der Waals surface area contributed by atoms with E-state index >= 15 is 0 Å². The summed E-state index contributed by atoms with van der Waals surface area (Å²) in [5.74, 6) is 0. The van der Waals surface area contributed by atoms with Crippen LogP contribution in [0.5, 0.6) is 0 Å². The Balaban J connectivity index is 2.47. The molecule has 0 saturated heterocycles. The number of hydrogen-bond donors (Lipinski definition) is 0. The Morgan fingerprint density at radius 1 is 1.25 bits per heavy atom. The van der Waals surface area contributed by atoms with E-state index in [2.05, 4.69) is 17.1 Å². The van der Waals surface area contributed by atoms with Crippen molar-refractivity contribution in [2.24, 2.45) is 0 Å². The maximum absolute atomic E-state index is 9.29. The molecule has 0 unspecified atom stereocenters. The average molecular weight is 206 g/mol. The van der Waals surface area contributed by atoms with Crippen LogP contribution >= 0.6 is 0 Å². The first kappa shape index (κ1) is 9.11. The molecule has 0 spiro atoms. The largest absolute Gasteiger partial charge is 0.248 e. The molecule has 1 aromatic carbocycles. The minimum atomic E-state index is 0.796. The smallest absolute Gasteiger partial charge is 0.100 e. The van der Waals surface area contributed by atoms with Crippen LogP contribution in [-0.4, -0.2) is 4.98 Å². The van der Waals surface area contributed by atoms with Crippen molar-refractivity contribution in [1.82, 2.24) is 4.98 Å². The van der Waals surface area contributed by atoms with Gasteiger partial charge in [0.2, 0.25) is 0 Å². The van der Waals surface area contributed by atoms with E-state index in [0.29, 0.717) is 0 Å². The van der Waals surface area contributed by atoms with Gasteiger partial charge in [0.25, 0.3) is 0 Å². The van der Waals surface area contributed by atoms with E-state index in [1.807, 2.05) is 30.3 Å². The van der Waals surface area contributed by atoms with Crippen LogP contribution < -0.4 is 0 Å². The molecule has 0 amide bonds. The number of rotatable bonds is 0. The van der Waals surface area contributed by atoms with Crippen LogP contribution in [0.1, 0.15) is 23.2 Å². The van der Waals surface area contributed by atoms with Crippen LogP contribution in [0.2, 0.25) is 0 Å². The van der Waals surface area contributed by atoms with E-state index in [9.17, 15) is 5.26 Å². The monoisotopic (exact) mass is 206 g/mol. The van der Waals surface area contributed by atoms with E-state index < -0.39 is 0 Å². The quantitative estimate of drug-likeness (QED) is 0.664. The van der Waals surface area contributed by atoms with Gasteiger partial charge >= 0.3 is 0 Å². The van der Waals surface area contributed by atoms with Crippen molar-refractivity contribution in [3.63, 3.8) is 0 Å². The molecule has 1 aliphatic carbocycles. The van der Waals surface area contributed by atoms with Crippen LogP contribution in [-0.2, 0) is 6.42 Å². The molecule has 2 aromatic rings. The molecule has 1 heterocycles. The van der Waals surface area contributed by atoms with Gasteiger partial charge in [-0.2, -0.15) is 5.26 Å². The van der Waals surface area contributed by atoms with E-state index in [0.717, 1.165) is 40.6 Å². The van der Waals surface area contributed by atoms with Gasteiger partial charge in [0.1, 0.15) is 6.07 Å². The van der Waals surface area contributed by atoms with E-state index in [1.165, 1.54) is 0 Å². The van der Waals surface area contributed by atoms with Crippen molar-refractivity contribution in [2.75, 3.05) is 0 Å². The van der Waals surface area contributed by atoms with Gasteiger partial charge in [0, 0.05) is 5.39 Å². The molecule has 16 heavy (non-hydrogen) atoms. The van der Waals surface area contributed by atoms with Gasteiger partial charge in [0.05, 0.1) is 16.8 Å². The molecule has 0 saturated carbocycles. The summed E-state index contributed by atoms with van der Waals surface area (Å²) in [5.41, 5.74) is 3.76. The second-order valence-electron chi connectivity index (χ2n) is 3.92. The molecular formula is C14H10N2. The first-order valence-electron chi connectivity index (χ1n) is 5.38. The van der Waals surface area contributed by atoms with Crippen molar-refractivity contribution < 1.29 is 0 Å². The number of pyridine rings is 1. The predicted octanol–water partition coefficient (Wildman–Crippen LogP) is 3.07. The van der Waals surface area contributed by atoms with Gasteiger partial charge in [-0.1, -0.05) is 24.3 Å². The molecule has 0 radical (unpaired) electrons. The number of allylic oxidation sites excluding steroid dienone is 1. The topological polar surface area (TPSA) is 36.7 Å². The first-order chi connectivity index (χ1) is 7.90. The number of aromatic nitrogens is 1. The molecule has 0 fully saturated rings. The van der Waals surface area contributed by atoms with Crippen LogP contribution in [0.25, 0.3) is 17.0 Å². The maximum atomic E-state index is 9.29. The minimum Gasteiger partial charge on any atom is -0.248 e. The van der Waals surface area contributed by atoms with Crippen LogP contribution in [0.15, 0.2) is 30.3 Å². The highest BCUT2D eigenvalue weighted by Crippen LogP contribution is 2.27. The number of nitrogens with zero attached hydrogens (tertiary/aromatic N) is 2. The van der Waals surface area contributed by atoms with Gasteiger partial charge < -0.3 is 0 Å². The zero-order chi connectivity index (χ0) is 11.0. The lowest BCUT2D eigenvalue weighted by molar-refractivity contribution is 0.967. The Morgan fingerprint density at radius 2 is 2.12 bits per heavy atom. The zero-order valence-corrected chi connectivity index (χ0v) is 8.77. The Kier molecular flexibility index (Phi) is 1.97. The summed E-state index contributed by atoms with van der Waals surface area (Å²) < 4.78 is 0. The highest BCUT2D eigenvalue weighted by atomic mass is 14.7. The fourth-order valence-electron chi connectivity index (χ4n) is 2.21. The third-order valence-corrected chi connectivity index (χ3v) is 2.97. The van der Waals surface area contributed by atoms with Crippen molar-refractivity contribution in [1.29, 1.82) is 5.26 Å². The van der Waals surface area contributed by atoms with E-state index in [-0.39, 0.29) is 0 Å². The number of nitriles is 1. The fourth-order valence-corrected chi connectivity index (χ4v) is 2.21. The molecule has 1 aliphatic rings. The van der Waals surface area contributed by atoms with Gasteiger partial charge in [-0.15, -0.1) is 0 Å². The first-order valence-corrected chi connectivity index (χ1v) is 5.38. The van der Waals surface area contributed by atoms with E-state index in [4.69, 9.17) is 0 Å². The lowest BCUT2D eigenvalue weighted by atomic mass is 9.94. The highest BCUT2D eigenvalue weighted by molar-refractivity contribution is 5.87. The Morgan fingerprint density at radius 3 is 3.00 bits per heavy atom. The van der Waals surface area contributed by atoms with E-state index in [1.54, 1.807) is 0 Å². The van der Waals surface area contributed by atoms with Crippen molar-refractivity contribution in [2.45, 2.75) is 12.8 Å². The molecule has 3 rings (SSSR count). The fraction of sp³-hybridized carbons (Fsp3) is 0.143. The molecule has 0 aliphatic heterocycles. The van der Waals surface area contributed by atoms with Crippen LogP contribution in [0.3, 0.4) is 0 Å². The van der Waals surface area contributed by atoms with Crippen molar-refractivity contribution in [3.05, 3.63) is 47.2 Å². The minimum absolute atomic E-state index is 0.796. The van der Waals surface area contributed by atoms with Gasteiger partial charge in [-0.25, -0.2) is 4.98 Å². The van der Waals surface area contributed by atoms with Gasteiger partial charge in [-0.05, 0) is 30.5 Å². The number of para-hydroxylation sites is 1. The number of fused-ring (bicyclic) bond motifs is 2. The Labute approximate surface area is 93.9 Å². The van der Waals surface area contributed by atoms with Gasteiger partial charge in [-0.3, -0.25) is 0 Å². The van der Waals surface area contributed by atoms with Crippen molar-refractivity contribution in [3.8, 4) is 6.07 Å². The summed E-state index contributed by atoms with van der Waals surface area (Å²) in [6.45, 7) is 0. The van der Waals surface area contributed by atoms with Gasteiger partial charge in [0.15, 0.2) is 0 Å². The Bertz CT molecular complexity index is 633. The lowest BCUT2D eigenvalue weighted by Gasteiger charge is -2.13. The van der Waals surface area contributed by atoms with Crippen LogP contribution in [0, 0.1) is 11.3 Å². The molecule has 0 atom stereocenters. The second kappa shape index (κ2) is 3.46. The predicted molar refractivity (Wildman–Crippen MR) is 63.8 cm³/mol. The average Bonchev–Trinajstić information content (AvgIpc) is 2.36. The maximum Gasteiger partial charge on any atom is 0.100 e. The molecule has 2 heteroatoms. The summed E-state index contributed by atoms with van der Waals surface area (Å²) in [7, 11) is 0. The number of hydrogen-bond acceptors (Lipinski definition) is 2. The Hall–Kier alpha value is -2.14. The third kappa shape index (κ3) is 1.22. The number of benzene rings is 1. The summed E-state index contributed by atoms with van der Waals surface area (Å²) in [6.07, 6.45) is 6.06. The summed E-state index contributed by atoms with van der Waals surface area (Å²) >= 11 is 0. The standard InChI is InChI=1S/C14H10N2/c15-9-12-10-5-1-3-7-13(10)16-14-8-4-2-6-11(12)14/h1,3-5,7-8H,2,6H2. The van der Waals surface area contributed by atoms with Crippen LogP contribution in [0.4, 0.5) is 0 Å². The summed E-state index contributed by atoms with van der Waals surface area (Å²) in [4.78, 5) is 4.59. The lowest BCUT2D eigenvalue weighted by Crippen LogP contribution is -2.02. The molecular weight excluding hydrogens is 196 g/mol. The molecule has 0 N–H and O–H groups in total.